The maximum atomic E-state index is 12.1. The molecule has 0 heterocycles. The Bertz CT molecular complexity index is 457. The number of carbonyl (C=O) groups excluding carboxylic acids is 1. The highest BCUT2D eigenvalue weighted by atomic mass is 35.5. The topological polar surface area (TPSA) is 55.1 Å². The maximum Gasteiger partial charge on any atom is 0.222 e. The molecule has 3 nitrogen and oxygen atoms in total. The van der Waals surface area contributed by atoms with E-state index < -0.39 is 0 Å². The molecule has 1 aliphatic rings. The van der Waals surface area contributed by atoms with Crippen LogP contribution in [0.3, 0.4) is 0 Å². The Morgan fingerprint density at radius 1 is 1.20 bits per heavy atom. The summed E-state index contributed by atoms with van der Waals surface area (Å²) in [5, 5.41) is 3.12. The van der Waals surface area contributed by atoms with E-state index in [9.17, 15) is 4.79 Å². The highest BCUT2D eigenvalue weighted by molar-refractivity contribution is 5.85. The van der Waals surface area contributed by atoms with Gasteiger partial charge >= 0.3 is 0 Å². The number of amides is 1. The molecule has 0 bridgehead atoms. The van der Waals surface area contributed by atoms with E-state index in [1.165, 1.54) is 0 Å². The maximum absolute atomic E-state index is 12.1. The van der Waals surface area contributed by atoms with Gasteiger partial charge in [-0.15, -0.1) is 12.4 Å². The number of hydrogen-bond acceptors (Lipinski definition) is 2. The average Bonchev–Trinajstić information content (AvgIpc) is 2.73. The number of halogens is 1. The molecule has 0 spiro atoms. The summed E-state index contributed by atoms with van der Waals surface area (Å²) in [7, 11) is 0. The third kappa shape index (κ3) is 2.99. The number of benzene rings is 1. The van der Waals surface area contributed by atoms with Crippen LogP contribution in [-0.4, -0.2) is 11.9 Å². The van der Waals surface area contributed by atoms with E-state index in [1.54, 1.807) is 0 Å². The van der Waals surface area contributed by atoms with Crippen LogP contribution in [-0.2, 0) is 4.79 Å². The Kier molecular flexibility index (Phi) is 4.88. The van der Waals surface area contributed by atoms with Gasteiger partial charge in [0, 0.05) is 18.5 Å². The Labute approximate surface area is 127 Å². The van der Waals surface area contributed by atoms with Crippen LogP contribution in [0.15, 0.2) is 30.3 Å². The number of nitrogens with one attached hydrogen (secondary N) is 1. The molecule has 0 saturated heterocycles. The van der Waals surface area contributed by atoms with E-state index in [0.29, 0.717) is 6.42 Å². The lowest BCUT2D eigenvalue weighted by molar-refractivity contribution is -0.121. The van der Waals surface area contributed by atoms with Crippen molar-refractivity contribution in [2.24, 2.45) is 16.6 Å². The molecule has 20 heavy (non-hydrogen) atoms. The third-order valence-corrected chi connectivity index (χ3v) is 4.96. The summed E-state index contributed by atoms with van der Waals surface area (Å²) < 4.78 is 0. The van der Waals surface area contributed by atoms with Crippen molar-refractivity contribution in [1.29, 1.82) is 0 Å². The fourth-order valence-electron chi connectivity index (χ4n) is 2.79. The molecule has 1 aliphatic carbocycles. The van der Waals surface area contributed by atoms with Gasteiger partial charge in [-0.25, -0.2) is 0 Å². The number of nitrogens with two attached hydrogens (primary N) is 1. The predicted octanol–water partition coefficient (Wildman–Crippen LogP) is 3.05. The lowest BCUT2D eigenvalue weighted by Gasteiger charge is -2.13. The van der Waals surface area contributed by atoms with Crippen molar-refractivity contribution in [2.45, 2.75) is 46.2 Å². The van der Waals surface area contributed by atoms with Crippen molar-refractivity contribution in [3.8, 4) is 0 Å². The molecule has 1 unspecified atom stereocenters. The van der Waals surface area contributed by atoms with E-state index in [2.05, 4.69) is 33.0 Å². The van der Waals surface area contributed by atoms with Gasteiger partial charge in [0.25, 0.3) is 0 Å². The van der Waals surface area contributed by atoms with E-state index in [4.69, 9.17) is 5.73 Å². The van der Waals surface area contributed by atoms with Gasteiger partial charge in [-0.1, -0.05) is 58.0 Å². The lowest BCUT2D eigenvalue weighted by atomic mass is 10.0. The van der Waals surface area contributed by atoms with Crippen LogP contribution in [0.1, 0.15) is 45.7 Å². The molecule has 0 aromatic heterocycles. The molecule has 112 valence electrons. The summed E-state index contributed by atoms with van der Waals surface area (Å²) in [6, 6.07) is 9.78. The number of carbonyl (C=O) groups is 1. The second-order valence-corrected chi connectivity index (χ2v) is 6.67. The highest BCUT2D eigenvalue weighted by Gasteiger charge is 2.65. The van der Waals surface area contributed by atoms with Crippen molar-refractivity contribution in [3.63, 3.8) is 0 Å². The minimum absolute atomic E-state index is 0. The third-order valence-electron chi connectivity index (χ3n) is 4.96. The minimum Gasteiger partial charge on any atom is -0.352 e. The molecule has 1 amide bonds. The molecule has 1 aromatic carbocycles. The smallest absolute Gasteiger partial charge is 0.222 e. The van der Waals surface area contributed by atoms with Gasteiger partial charge < -0.3 is 11.1 Å². The molecule has 0 radical (unpaired) electrons. The van der Waals surface area contributed by atoms with Gasteiger partial charge in [0.2, 0.25) is 5.91 Å². The van der Waals surface area contributed by atoms with Gasteiger partial charge in [0.15, 0.2) is 0 Å². The van der Waals surface area contributed by atoms with Crippen molar-refractivity contribution in [3.05, 3.63) is 35.9 Å². The Morgan fingerprint density at radius 2 is 1.70 bits per heavy atom. The van der Waals surface area contributed by atoms with Crippen molar-refractivity contribution < 1.29 is 4.79 Å². The average molecular weight is 297 g/mol. The number of hydrogen-bond donors (Lipinski definition) is 2. The van der Waals surface area contributed by atoms with E-state index in [0.717, 1.165) is 5.56 Å². The molecule has 1 saturated carbocycles. The van der Waals surface area contributed by atoms with Gasteiger partial charge in [-0.3, -0.25) is 4.79 Å². The molecule has 2 rings (SSSR count). The molecular weight excluding hydrogens is 272 g/mol. The summed E-state index contributed by atoms with van der Waals surface area (Å²) in [6.07, 6.45) is 0.340. The highest BCUT2D eigenvalue weighted by Crippen LogP contribution is 2.62. The SMILES string of the molecule is CC1(C)C(NC(=O)CC(N)c2ccccc2)C1(C)C.Cl. The summed E-state index contributed by atoms with van der Waals surface area (Å²) >= 11 is 0. The summed E-state index contributed by atoms with van der Waals surface area (Å²) in [4.78, 5) is 12.1. The van der Waals surface area contributed by atoms with Crippen LogP contribution >= 0.6 is 12.4 Å². The Morgan fingerprint density at radius 3 is 2.15 bits per heavy atom. The zero-order valence-electron chi connectivity index (χ0n) is 12.6. The monoisotopic (exact) mass is 296 g/mol. The fraction of sp³-hybridized carbons (Fsp3) is 0.562. The number of rotatable bonds is 4. The first-order valence-electron chi connectivity index (χ1n) is 6.86. The molecule has 0 aliphatic heterocycles. The Hall–Kier alpha value is -1.06. The van der Waals surface area contributed by atoms with Crippen LogP contribution < -0.4 is 11.1 Å². The Balaban J connectivity index is 0.00000200. The van der Waals surface area contributed by atoms with Crippen LogP contribution in [0.4, 0.5) is 0 Å². The summed E-state index contributed by atoms with van der Waals surface area (Å²) in [5.41, 5.74) is 7.41. The standard InChI is InChI=1S/C16H24N2O.ClH/c1-15(2)14(16(15,3)4)18-13(19)10-12(17)11-8-6-5-7-9-11;/h5-9,12,14H,10,17H2,1-4H3,(H,18,19);1H. The van der Waals surface area contributed by atoms with Crippen molar-refractivity contribution in [1.82, 2.24) is 5.32 Å². The zero-order chi connectivity index (χ0) is 14.3. The molecule has 3 N–H and O–H groups in total. The van der Waals surface area contributed by atoms with Gasteiger partial charge in [-0.05, 0) is 16.4 Å². The normalized spacial score (nSPS) is 20.6. The van der Waals surface area contributed by atoms with Crippen LogP contribution in [0.5, 0.6) is 0 Å². The predicted molar refractivity (Wildman–Crippen MR) is 84.7 cm³/mol. The zero-order valence-corrected chi connectivity index (χ0v) is 13.5. The van der Waals surface area contributed by atoms with Crippen LogP contribution in [0.25, 0.3) is 0 Å². The lowest BCUT2D eigenvalue weighted by Crippen LogP contribution is -2.32. The van der Waals surface area contributed by atoms with Crippen molar-refractivity contribution >= 4 is 18.3 Å². The largest absolute Gasteiger partial charge is 0.352 e. The first kappa shape index (κ1) is 17.0. The second kappa shape index (κ2) is 5.74. The molecule has 4 heteroatoms. The minimum atomic E-state index is -0.230. The first-order valence-corrected chi connectivity index (χ1v) is 6.86. The van der Waals surface area contributed by atoms with Crippen molar-refractivity contribution in [2.75, 3.05) is 0 Å². The molecule has 1 atom stereocenters. The van der Waals surface area contributed by atoms with E-state index >= 15 is 0 Å². The molecule has 1 fully saturated rings. The van der Waals surface area contributed by atoms with Crippen LogP contribution in [0.2, 0.25) is 0 Å². The van der Waals surface area contributed by atoms with Crippen LogP contribution in [0, 0.1) is 10.8 Å². The quantitative estimate of drug-likeness (QED) is 0.897. The molecule has 1 aromatic rings. The van der Waals surface area contributed by atoms with E-state index in [1.807, 2.05) is 30.3 Å². The fourth-order valence-corrected chi connectivity index (χ4v) is 2.79. The van der Waals surface area contributed by atoms with Gasteiger partial charge in [0.1, 0.15) is 0 Å². The summed E-state index contributed by atoms with van der Waals surface area (Å²) in [6.45, 7) is 8.76. The second-order valence-electron chi connectivity index (χ2n) is 6.67. The van der Waals surface area contributed by atoms with E-state index in [-0.39, 0.29) is 41.2 Å². The molecular formula is C16H25ClN2O. The van der Waals surface area contributed by atoms with Gasteiger partial charge in [0.05, 0.1) is 0 Å². The summed E-state index contributed by atoms with van der Waals surface area (Å²) in [5.74, 6) is 0.0417. The first-order chi connectivity index (χ1) is 8.76. The van der Waals surface area contributed by atoms with Gasteiger partial charge in [-0.2, -0.15) is 0 Å².